The number of hydroxylamine groups is 1. The minimum absolute atomic E-state index is 0.260. The summed E-state index contributed by atoms with van der Waals surface area (Å²) in [6.45, 7) is 5.72. The summed E-state index contributed by atoms with van der Waals surface area (Å²) in [5.74, 6) is -0.675. The predicted molar refractivity (Wildman–Crippen MR) is 82.1 cm³/mol. The minimum Gasteiger partial charge on any atom is -0.289 e. The first-order chi connectivity index (χ1) is 10.3. The fraction of sp³-hybridized carbons (Fsp3) is 0.533. The van der Waals surface area contributed by atoms with Crippen LogP contribution in [0, 0.1) is 20.8 Å². The topological polar surface area (TPSA) is 86.7 Å². The lowest BCUT2D eigenvalue weighted by Crippen LogP contribution is -2.51. The van der Waals surface area contributed by atoms with E-state index in [2.05, 4.69) is 0 Å². The Morgan fingerprint density at radius 3 is 2.36 bits per heavy atom. The van der Waals surface area contributed by atoms with E-state index in [0.717, 1.165) is 12.0 Å². The van der Waals surface area contributed by atoms with Gasteiger partial charge in [-0.05, 0) is 44.7 Å². The Kier molecular flexibility index (Phi) is 4.89. The molecule has 7 heteroatoms. The highest BCUT2D eigenvalue weighted by atomic mass is 32.2. The number of carbonyl (C=O) groups excluding carboxylic acids is 1. The Bertz CT molecular complexity index is 662. The van der Waals surface area contributed by atoms with Crippen LogP contribution in [0.5, 0.6) is 0 Å². The predicted octanol–water partition coefficient (Wildman–Crippen LogP) is 1.66. The van der Waals surface area contributed by atoms with Crippen LogP contribution in [0.1, 0.15) is 36.0 Å². The second-order valence-corrected chi connectivity index (χ2v) is 7.66. The van der Waals surface area contributed by atoms with E-state index in [1.54, 1.807) is 19.3 Å². The molecule has 0 radical (unpaired) electrons. The van der Waals surface area contributed by atoms with E-state index >= 15 is 0 Å². The van der Waals surface area contributed by atoms with Crippen LogP contribution >= 0.6 is 0 Å². The highest BCUT2D eigenvalue weighted by Gasteiger charge is 2.38. The zero-order chi connectivity index (χ0) is 16.5. The molecule has 1 atom stereocenters. The number of carbonyl (C=O) groups is 1. The average Bonchev–Trinajstić information content (AvgIpc) is 2.45. The second kappa shape index (κ2) is 6.36. The molecular weight excluding hydrogens is 304 g/mol. The monoisotopic (exact) mass is 326 g/mol. The molecule has 0 aliphatic carbocycles. The maximum absolute atomic E-state index is 13.0. The third-order valence-corrected chi connectivity index (χ3v) is 6.25. The summed E-state index contributed by atoms with van der Waals surface area (Å²) < 4.78 is 27.3. The molecule has 0 aromatic heterocycles. The van der Waals surface area contributed by atoms with Crippen molar-refractivity contribution in [3.05, 3.63) is 28.8 Å². The van der Waals surface area contributed by atoms with Crippen LogP contribution in [0.3, 0.4) is 0 Å². The number of hydrogen-bond acceptors (Lipinski definition) is 4. The van der Waals surface area contributed by atoms with Gasteiger partial charge < -0.3 is 0 Å². The SMILES string of the molecule is Cc1cc(C)c(S(=O)(=O)N2CCCCC2C(=O)NO)c(C)c1. The van der Waals surface area contributed by atoms with Gasteiger partial charge in [0.15, 0.2) is 0 Å². The van der Waals surface area contributed by atoms with Gasteiger partial charge in [-0.25, -0.2) is 13.9 Å². The maximum Gasteiger partial charge on any atom is 0.261 e. The zero-order valence-corrected chi connectivity index (χ0v) is 13.9. The number of aryl methyl sites for hydroxylation is 3. The van der Waals surface area contributed by atoms with Crippen molar-refractivity contribution >= 4 is 15.9 Å². The number of hydrogen-bond donors (Lipinski definition) is 2. The minimum atomic E-state index is -3.78. The van der Waals surface area contributed by atoms with Gasteiger partial charge in [0.05, 0.1) is 4.90 Å². The number of nitrogens with zero attached hydrogens (tertiary/aromatic N) is 1. The van der Waals surface area contributed by atoms with Crippen molar-refractivity contribution in [1.29, 1.82) is 0 Å². The molecular formula is C15H22N2O4S. The van der Waals surface area contributed by atoms with Crippen LogP contribution in [0.4, 0.5) is 0 Å². The molecule has 1 saturated heterocycles. The van der Waals surface area contributed by atoms with Gasteiger partial charge in [0.1, 0.15) is 6.04 Å². The fourth-order valence-corrected chi connectivity index (χ4v) is 5.29. The van der Waals surface area contributed by atoms with Gasteiger partial charge in [-0.3, -0.25) is 10.0 Å². The first-order valence-corrected chi connectivity index (χ1v) is 8.76. The number of sulfonamides is 1. The van der Waals surface area contributed by atoms with E-state index < -0.39 is 22.0 Å². The summed E-state index contributed by atoms with van der Waals surface area (Å²) in [5.41, 5.74) is 3.92. The standard InChI is InChI=1S/C15H22N2O4S/c1-10-8-11(2)14(12(3)9-10)22(20,21)17-7-5-4-6-13(17)15(18)16-19/h8-9,13,19H,4-7H2,1-3H3,(H,16,18). The Morgan fingerprint density at radius 1 is 1.23 bits per heavy atom. The lowest BCUT2D eigenvalue weighted by molar-refractivity contribution is -0.134. The number of amides is 1. The Morgan fingerprint density at radius 2 is 1.82 bits per heavy atom. The Labute approximate surface area is 131 Å². The van der Waals surface area contributed by atoms with Gasteiger partial charge in [-0.15, -0.1) is 0 Å². The van der Waals surface area contributed by atoms with Gasteiger partial charge in [0.2, 0.25) is 10.0 Å². The van der Waals surface area contributed by atoms with Gasteiger partial charge in [0.25, 0.3) is 5.91 Å². The highest BCUT2D eigenvalue weighted by Crippen LogP contribution is 2.30. The van der Waals surface area contributed by atoms with Crippen LogP contribution in [0.2, 0.25) is 0 Å². The molecule has 1 aromatic rings. The molecule has 2 N–H and O–H groups in total. The molecule has 2 rings (SSSR count). The summed E-state index contributed by atoms with van der Waals surface area (Å²) in [6.07, 6.45) is 1.88. The lowest BCUT2D eigenvalue weighted by atomic mass is 10.0. The maximum atomic E-state index is 13.0. The molecule has 1 unspecified atom stereocenters. The van der Waals surface area contributed by atoms with Gasteiger partial charge in [0, 0.05) is 6.54 Å². The number of piperidine rings is 1. The van der Waals surface area contributed by atoms with Crippen LogP contribution in [0.15, 0.2) is 17.0 Å². The molecule has 1 heterocycles. The largest absolute Gasteiger partial charge is 0.289 e. The molecule has 1 fully saturated rings. The third kappa shape index (κ3) is 3.02. The van der Waals surface area contributed by atoms with Gasteiger partial charge in [-0.2, -0.15) is 4.31 Å². The van der Waals surface area contributed by atoms with Crippen LogP contribution in [-0.4, -0.2) is 36.4 Å². The third-order valence-electron chi connectivity index (χ3n) is 4.04. The highest BCUT2D eigenvalue weighted by molar-refractivity contribution is 7.89. The van der Waals surface area contributed by atoms with Crippen molar-refractivity contribution in [1.82, 2.24) is 9.79 Å². The van der Waals surface area contributed by atoms with Crippen molar-refractivity contribution in [2.45, 2.75) is 51.0 Å². The summed E-state index contributed by atoms with van der Waals surface area (Å²) in [5, 5.41) is 8.87. The van der Waals surface area contributed by atoms with Gasteiger partial charge in [-0.1, -0.05) is 24.1 Å². The van der Waals surface area contributed by atoms with E-state index in [0.29, 0.717) is 24.0 Å². The summed E-state index contributed by atoms with van der Waals surface area (Å²) in [6, 6.07) is 2.79. The van der Waals surface area contributed by atoms with Crippen molar-refractivity contribution in [3.63, 3.8) is 0 Å². The number of nitrogens with one attached hydrogen (secondary N) is 1. The van der Waals surface area contributed by atoms with E-state index in [1.807, 2.05) is 19.1 Å². The average molecular weight is 326 g/mol. The lowest BCUT2D eigenvalue weighted by Gasteiger charge is -2.33. The summed E-state index contributed by atoms with van der Waals surface area (Å²) in [4.78, 5) is 12.1. The Balaban J connectivity index is 2.51. The molecule has 1 aliphatic heterocycles. The molecule has 22 heavy (non-hydrogen) atoms. The molecule has 1 aliphatic rings. The van der Waals surface area contributed by atoms with Crippen molar-refractivity contribution < 1.29 is 18.4 Å². The normalized spacial score (nSPS) is 19.9. The number of rotatable bonds is 3. The van der Waals surface area contributed by atoms with Crippen molar-refractivity contribution in [2.24, 2.45) is 0 Å². The molecule has 6 nitrogen and oxygen atoms in total. The molecule has 0 spiro atoms. The van der Waals surface area contributed by atoms with E-state index in [4.69, 9.17) is 5.21 Å². The van der Waals surface area contributed by atoms with Crippen molar-refractivity contribution in [3.8, 4) is 0 Å². The first-order valence-electron chi connectivity index (χ1n) is 7.32. The van der Waals surface area contributed by atoms with Crippen molar-refractivity contribution in [2.75, 3.05) is 6.54 Å². The quantitative estimate of drug-likeness (QED) is 0.653. The van der Waals surface area contributed by atoms with Crippen LogP contribution in [-0.2, 0) is 14.8 Å². The smallest absolute Gasteiger partial charge is 0.261 e. The molecule has 1 aromatic carbocycles. The van der Waals surface area contributed by atoms with E-state index in [1.165, 1.54) is 4.31 Å². The van der Waals surface area contributed by atoms with Gasteiger partial charge >= 0.3 is 0 Å². The fourth-order valence-electron chi connectivity index (χ4n) is 3.22. The summed E-state index contributed by atoms with van der Waals surface area (Å²) >= 11 is 0. The number of benzene rings is 1. The molecule has 0 saturated carbocycles. The molecule has 0 bridgehead atoms. The first kappa shape index (κ1) is 16.9. The van der Waals surface area contributed by atoms with E-state index in [9.17, 15) is 13.2 Å². The Hall–Kier alpha value is -1.44. The molecule has 122 valence electrons. The van der Waals surface area contributed by atoms with E-state index in [-0.39, 0.29) is 11.4 Å². The molecule has 1 amide bonds. The summed E-state index contributed by atoms with van der Waals surface area (Å²) in [7, 11) is -3.78. The van der Waals surface area contributed by atoms with Crippen LogP contribution in [0.25, 0.3) is 0 Å². The second-order valence-electron chi connectivity index (χ2n) is 5.83. The van der Waals surface area contributed by atoms with Crippen LogP contribution < -0.4 is 5.48 Å². The zero-order valence-electron chi connectivity index (χ0n) is 13.1.